The molecule has 0 aromatic rings. The molecule has 4 heteroatoms. The van der Waals surface area contributed by atoms with Gasteiger partial charge in [-0.15, -0.1) is 0 Å². The molecular formula is C14H27BrN2O. The first kappa shape index (κ1) is 16.0. The van der Waals surface area contributed by atoms with Crippen molar-refractivity contribution in [1.29, 1.82) is 0 Å². The highest BCUT2D eigenvalue weighted by molar-refractivity contribution is 9.10. The Labute approximate surface area is 120 Å². The van der Waals surface area contributed by atoms with Crippen molar-refractivity contribution < 1.29 is 4.79 Å². The van der Waals surface area contributed by atoms with Gasteiger partial charge in [-0.3, -0.25) is 4.79 Å². The highest BCUT2D eigenvalue weighted by Gasteiger charge is 2.37. The van der Waals surface area contributed by atoms with E-state index in [4.69, 9.17) is 0 Å². The Kier molecular flexibility index (Phi) is 6.12. The van der Waals surface area contributed by atoms with Crippen molar-refractivity contribution in [3.63, 3.8) is 0 Å². The second-order valence-electron chi connectivity index (χ2n) is 5.91. The third-order valence-corrected chi connectivity index (χ3v) is 5.31. The zero-order valence-electron chi connectivity index (χ0n) is 12.1. The van der Waals surface area contributed by atoms with E-state index in [-0.39, 0.29) is 16.3 Å². The fraction of sp³-hybridized carbons (Fsp3) is 0.929. The number of nitrogens with one attached hydrogen (secondary N) is 1. The number of carbonyl (C=O) groups excluding carboxylic acids is 1. The predicted octanol–water partition coefficient (Wildman–Crippen LogP) is 2.79. The van der Waals surface area contributed by atoms with Crippen LogP contribution in [0.1, 0.15) is 46.0 Å². The van der Waals surface area contributed by atoms with Crippen LogP contribution in [0.2, 0.25) is 0 Å². The van der Waals surface area contributed by atoms with Crippen LogP contribution < -0.4 is 5.32 Å². The van der Waals surface area contributed by atoms with Gasteiger partial charge in [0, 0.05) is 12.1 Å². The van der Waals surface area contributed by atoms with Gasteiger partial charge in [0.1, 0.15) is 0 Å². The van der Waals surface area contributed by atoms with Crippen molar-refractivity contribution >= 4 is 21.8 Å². The molecule has 0 heterocycles. The van der Waals surface area contributed by atoms with Crippen molar-refractivity contribution in [2.75, 3.05) is 20.6 Å². The largest absolute Gasteiger partial charge is 0.353 e. The number of rotatable bonds is 5. The molecule has 0 bridgehead atoms. The minimum Gasteiger partial charge on any atom is -0.353 e. The maximum atomic E-state index is 11.9. The lowest BCUT2D eigenvalue weighted by molar-refractivity contribution is -0.121. The maximum Gasteiger partial charge on any atom is 0.233 e. The number of nitrogens with zero attached hydrogens (tertiary/aromatic N) is 1. The second kappa shape index (κ2) is 6.90. The SMILES string of the molecule is CCC(Br)C(=O)NCC1(N(C)C)CCCC(C)C1. The second-order valence-corrected chi connectivity index (χ2v) is 7.02. The molecule has 1 aliphatic carbocycles. The average molecular weight is 319 g/mol. The quantitative estimate of drug-likeness (QED) is 0.790. The fourth-order valence-electron chi connectivity index (χ4n) is 2.90. The van der Waals surface area contributed by atoms with E-state index in [9.17, 15) is 4.79 Å². The third kappa shape index (κ3) is 3.95. The molecule has 3 atom stereocenters. The summed E-state index contributed by atoms with van der Waals surface area (Å²) in [4.78, 5) is 14.1. The van der Waals surface area contributed by atoms with Crippen LogP contribution >= 0.6 is 15.9 Å². The van der Waals surface area contributed by atoms with Gasteiger partial charge in [0.2, 0.25) is 5.91 Å². The number of likely N-dealkylation sites (N-methyl/N-ethyl adjacent to an activating group) is 1. The lowest BCUT2D eigenvalue weighted by atomic mass is 9.75. The van der Waals surface area contributed by atoms with Gasteiger partial charge in [0.05, 0.1) is 4.83 Å². The highest BCUT2D eigenvalue weighted by atomic mass is 79.9. The van der Waals surface area contributed by atoms with E-state index in [2.05, 4.69) is 47.2 Å². The zero-order valence-corrected chi connectivity index (χ0v) is 13.7. The molecule has 0 aliphatic heterocycles. The molecule has 1 aliphatic rings. The molecule has 0 saturated heterocycles. The molecule has 106 valence electrons. The van der Waals surface area contributed by atoms with E-state index >= 15 is 0 Å². The summed E-state index contributed by atoms with van der Waals surface area (Å²) >= 11 is 3.41. The summed E-state index contributed by atoms with van der Waals surface area (Å²) in [6, 6.07) is 0. The number of alkyl halides is 1. The predicted molar refractivity (Wildman–Crippen MR) is 80.1 cm³/mol. The lowest BCUT2D eigenvalue weighted by Crippen LogP contribution is -2.55. The molecule has 18 heavy (non-hydrogen) atoms. The van der Waals surface area contributed by atoms with E-state index in [0.717, 1.165) is 18.9 Å². The molecule has 0 spiro atoms. The van der Waals surface area contributed by atoms with Gasteiger partial charge >= 0.3 is 0 Å². The Balaban J connectivity index is 2.61. The van der Waals surface area contributed by atoms with Crippen molar-refractivity contribution in [2.45, 2.75) is 56.3 Å². The molecule has 1 fully saturated rings. The van der Waals surface area contributed by atoms with Gasteiger partial charge in [0.25, 0.3) is 0 Å². The van der Waals surface area contributed by atoms with Gasteiger partial charge in [-0.1, -0.05) is 42.6 Å². The summed E-state index contributed by atoms with van der Waals surface area (Å²) < 4.78 is 0. The van der Waals surface area contributed by atoms with Gasteiger partial charge in [-0.05, 0) is 39.3 Å². The van der Waals surface area contributed by atoms with Crippen LogP contribution in [0.15, 0.2) is 0 Å². The Morgan fingerprint density at radius 1 is 1.56 bits per heavy atom. The van der Waals surface area contributed by atoms with E-state index < -0.39 is 0 Å². The fourth-order valence-corrected chi connectivity index (χ4v) is 3.07. The number of hydrogen-bond donors (Lipinski definition) is 1. The molecular weight excluding hydrogens is 292 g/mol. The van der Waals surface area contributed by atoms with Crippen LogP contribution in [0, 0.1) is 5.92 Å². The molecule has 3 unspecified atom stereocenters. The van der Waals surface area contributed by atoms with Crippen molar-refractivity contribution in [3.8, 4) is 0 Å². The topological polar surface area (TPSA) is 32.3 Å². The third-order valence-electron chi connectivity index (χ3n) is 4.25. The van der Waals surface area contributed by atoms with Crippen LogP contribution in [-0.4, -0.2) is 41.8 Å². The van der Waals surface area contributed by atoms with E-state index in [1.807, 2.05) is 6.92 Å². The van der Waals surface area contributed by atoms with Crippen LogP contribution in [0.3, 0.4) is 0 Å². The first-order chi connectivity index (χ1) is 8.41. The normalized spacial score (nSPS) is 30.2. The summed E-state index contributed by atoms with van der Waals surface area (Å²) in [5.74, 6) is 0.876. The van der Waals surface area contributed by atoms with Crippen LogP contribution in [-0.2, 0) is 4.79 Å². The Hall–Kier alpha value is -0.0900. The molecule has 3 nitrogen and oxygen atoms in total. The average Bonchev–Trinajstić information content (AvgIpc) is 2.34. The minimum atomic E-state index is -0.0577. The number of halogens is 1. The molecule has 1 rings (SSSR count). The number of amides is 1. The van der Waals surface area contributed by atoms with Gasteiger partial charge in [-0.25, -0.2) is 0 Å². The number of hydrogen-bond acceptors (Lipinski definition) is 2. The summed E-state index contributed by atoms with van der Waals surface area (Å²) in [5, 5.41) is 3.12. The van der Waals surface area contributed by atoms with E-state index in [1.165, 1.54) is 25.7 Å². The standard InChI is InChI=1S/C14H27BrN2O/c1-5-12(15)13(18)16-10-14(17(3)4)8-6-7-11(2)9-14/h11-12H,5-10H2,1-4H3,(H,16,18). The maximum absolute atomic E-state index is 11.9. The van der Waals surface area contributed by atoms with Crippen LogP contribution in [0.4, 0.5) is 0 Å². The first-order valence-electron chi connectivity index (χ1n) is 7.00. The van der Waals surface area contributed by atoms with Crippen molar-refractivity contribution in [3.05, 3.63) is 0 Å². The summed E-state index contributed by atoms with van der Waals surface area (Å²) in [6.07, 6.45) is 5.78. The Morgan fingerprint density at radius 2 is 2.22 bits per heavy atom. The lowest BCUT2D eigenvalue weighted by Gasteiger charge is -2.45. The smallest absolute Gasteiger partial charge is 0.233 e. The molecule has 1 saturated carbocycles. The monoisotopic (exact) mass is 318 g/mol. The first-order valence-corrected chi connectivity index (χ1v) is 7.92. The summed E-state index contributed by atoms with van der Waals surface area (Å²) in [7, 11) is 4.27. The highest BCUT2D eigenvalue weighted by Crippen LogP contribution is 2.35. The van der Waals surface area contributed by atoms with Gasteiger partial charge < -0.3 is 10.2 Å². The summed E-state index contributed by atoms with van der Waals surface area (Å²) in [5.41, 5.74) is 0.147. The van der Waals surface area contributed by atoms with E-state index in [1.54, 1.807) is 0 Å². The van der Waals surface area contributed by atoms with Gasteiger partial charge in [0.15, 0.2) is 0 Å². The summed E-state index contributed by atoms with van der Waals surface area (Å²) in [6.45, 7) is 5.10. The Morgan fingerprint density at radius 3 is 2.72 bits per heavy atom. The molecule has 0 aromatic heterocycles. The molecule has 0 radical (unpaired) electrons. The minimum absolute atomic E-state index is 0.0577. The number of carbonyl (C=O) groups is 1. The van der Waals surface area contributed by atoms with E-state index in [0.29, 0.717) is 0 Å². The van der Waals surface area contributed by atoms with Crippen LogP contribution in [0.5, 0.6) is 0 Å². The van der Waals surface area contributed by atoms with Crippen LogP contribution in [0.25, 0.3) is 0 Å². The zero-order chi connectivity index (χ0) is 13.8. The molecule has 0 aromatic carbocycles. The van der Waals surface area contributed by atoms with Crippen molar-refractivity contribution in [1.82, 2.24) is 10.2 Å². The van der Waals surface area contributed by atoms with Gasteiger partial charge in [-0.2, -0.15) is 0 Å². The molecule has 1 N–H and O–H groups in total. The van der Waals surface area contributed by atoms with Crippen molar-refractivity contribution in [2.24, 2.45) is 5.92 Å². The Bertz CT molecular complexity index is 283. The molecule has 1 amide bonds.